The molecule has 22 heavy (non-hydrogen) atoms. The Hall–Kier alpha value is -1.88. The van der Waals surface area contributed by atoms with Gasteiger partial charge in [-0.15, -0.1) is 0 Å². The number of benzene rings is 2. The van der Waals surface area contributed by atoms with Gasteiger partial charge in [0.15, 0.2) is 0 Å². The highest BCUT2D eigenvalue weighted by molar-refractivity contribution is 7.85. The molecular formula is C12H16O8S2. The molecule has 0 amide bonds. The van der Waals surface area contributed by atoms with Crippen molar-refractivity contribution in [3.8, 4) is 11.5 Å². The molecule has 0 aliphatic carbocycles. The van der Waals surface area contributed by atoms with Crippen molar-refractivity contribution in [1.29, 1.82) is 0 Å². The summed E-state index contributed by atoms with van der Waals surface area (Å²) in [5.41, 5.74) is 0. The highest BCUT2D eigenvalue weighted by Crippen LogP contribution is 2.28. The van der Waals surface area contributed by atoms with E-state index in [1.807, 2.05) is 24.3 Å². The molecule has 0 fully saturated rings. The molecule has 0 aliphatic rings. The molecule has 8 nitrogen and oxygen atoms in total. The molecule has 10 heteroatoms. The highest BCUT2D eigenvalue weighted by Gasteiger charge is 1.99. The molecule has 0 atom stereocenters. The summed E-state index contributed by atoms with van der Waals surface area (Å²) in [6.07, 6.45) is 1.43. The summed E-state index contributed by atoms with van der Waals surface area (Å²) in [5.74, 6) is 0.205. The summed E-state index contributed by atoms with van der Waals surface area (Å²) in [4.78, 5) is 0. The van der Waals surface area contributed by atoms with E-state index in [1.165, 1.54) is 6.07 Å². The third-order valence-electron chi connectivity index (χ3n) is 1.82. The maximum absolute atomic E-state index is 9.39. The summed E-state index contributed by atoms with van der Waals surface area (Å²) < 4.78 is 51.7. The first kappa shape index (κ1) is 20.1. The number of hydrogen-bond acceptors (Lipinski definition) is 6. The molecular weight excluding hydrogens is 336 g/mol. The van der Waals surface area contributed by atoms with E-state index in [2.05, 4.69) is 0 Å². The van der Waals surface area contributed by atoms with Crippen molar-refractivity contribution in [3.63, 3.8) is 0 Å². The van der Waals surface area contributed by atoms with Crippen molar-refractivity contribution < 1.29 is 36.2 Å². The van der Waals surface area contributed by atoms with Crippen LogP contribution in [-0.4, -0.2) is 48.7 Å². The standard InChI is InChI=1S/C10H8O2.2CH4O3S/c11-8-5-7-3-1-2-4-9(7)10(12)6-8;2*1-5(2,3)4/h1-6,11-12H;2*1H3,(H,2,3,4). The van der Waals surface area contributed by atoms with E-state index in [4.69, 9.17) is 14.2 Å². The zero-order valence-corrected chi connectivity index (χ0v) is 13.3. The highest BCUT2D eigenvalue weighted by atomic mass is 32.2. The van der Waals surface area contributed by atoms with Crippen molar-refractivity contribution >= 4 is 31.0 Å². The van der Waals surface area contributed by atoms with Gasteiger partial charge in [0.1, 0.15) is 11.5 Å². The molecule has 0 spiro atoms. The Kier molecular flexibility index (Phi) is 7.26. The monoisotopic (exact) mass is 352 g/mol. The summed E-state index contributed by atoms with van der Waals surface area (Å²) >= 11 is 0. The van der Waals surface area contributed by atoms with Crippen LogP contribution >= 0.6 is 0 Å². The third-order valence-corrected chi connectivity index (χ3v) is 1.82. The van der Waals surface area contributed by atoms with Crippen molar-refractivity contribution in [2.75, 3.05) is 12.5 Å². The zero-order valence-electron chi connectivity index (χ0n) is 11.7. The minimum atomic E-state index is -3.67. The van der Waals surface area contributed by atoms with Gasteiger partial charge in [0.25, 0.3) is 20.2 Å². The minimum absolute atomic E-state index is 0.0891. The lowest BCUT2D eigenvalue weighted by atomic mass is 10.1. The summed E-state index contributed by atoms with van der Waals surface area (Å²) in [5, 5.41) is 20.1. The fourth-order valence-electron chi connectivity index (χ4n) is 1.27. The average Bonchev–Trinajstić information content (AvgIpc) is 2.24. The van der Waals surface area contributed by atoms with Crippen LogP contribution in [0.2, 0.25) is 0 Å². The zero-order chi connectivity index (χ0) is 17.6. The van der Waals surface area contributed by atoms with Crippen LogP contribution in [0.3, 0.4) is 0 Å². The molecule has 2 aromatic carbocycles. The maximum atomic E-state index is 9.39. The van der Waals surface area contributed by atoms with E-state index in [1.54, 1.807) is 6.07 Å². The molecule has 0 unspecified atom stereocenters. The van der Waals surface area contributed by atoms with Gasteiger partial charge in [-0.05, 0) is 11.5 Å². The second kappa shape index (κ2) is 7.94. The van der Waals surface area contributed by atoms with E-state index in [0.29, 0.717) is 12.5 Å². The van der Waals surface area contributed by atoms with Crippen LogP contribution in [0.25, 0.3) is 10.8 Å². The quantitative estimate of drug-likeness (QED) is 0.518. The van der Waals surface area contributed by atoms with Crippen molar-refractivity contribution in [2.45, 2.75) is 0 Å². The number of phenols is 2. The predicted octanol–water partition coefficient (Wildman–Crippen LogP) is 1.26. The SMILES string of the molecule is CS(=O)(=O)O.CS(=O)(=O)O.Oc1cc(O)c2ccccc2c1. The van der Waals surface area contributed by atoms with Crippen LogP contribution in [0.1, 0.15) is 0 Å². The van der Waals surface area contributed by atoms with E-state index >= 15 is 0 Å². The number of phenolic OH excluding ortho intramolecular Hbond substituents is 2. The van der Waals surface area contributed by atoms with Gasteiger partial charge in [0.05, 0.1) is 12.5 Å². The van der Waals surface area contributed by atoms with E-state index in [9.17, 15) is 21.9 Å². The smallest absolute Gasteiger partial charge is 0.261 e. The number of fused-ring (bicyclic) bond motifs is 1. The second-order valence-corrected chi connectivity index (χ2v) is 7.08. The van der Waals surface area contributed by atoms with Crippen molar-refractivity contribution in [1.82, 2.24) is 0 Å². The first-order valence-corrected chi connectivity index (χ1v) is 9.22. The first-order valence-electron chi connectivity index (χ1n) is 5.53. The van der Waals surface area contributed by atoms with E-state index in [-0.39, 0.29) is 11.5 Å². The van der Waals surface area contributed by atoms with Crippen LogP contribution in [-0.2, 0) is 20.2 Å². The molecule has 0 heterocycles. The molecule has 0 aliphatic heterocycles. The first-order chi connectivity index (χ1) is 9.77. The van der Waals surface area contributed by atoms with Crippen molar-refractivity contribution in [2.24, 2.45) is 0 Å². The van der Waals surface area contributed by atoms with Crippen LogP contribution in [0.15, 0.2) is 36.4 Å². The molecule has 0 saturated carbocycles. The van der Waals surface area contributed by atoms with Crippen LogP contribution < -0.4 is 0 Å². The lowest BCUT2D eigenvalue weighted by molar-refractivity contribution is 0.455. The molecule has 0 bridgehead atoms. The summed E-state index contributed by atoms with van der Waals surface area (Å²) in [6.45, 7) is 0. The maximum Gasteiger partial charge on any atom is 0.261 e. The Morgan fingerprint density at radius 1 is 0.818 bits per heavy atom. The largest absolute Gasteiger partial charge is 0.508 e. The fraction of sp³-hybridized carbons (Fsp3) is 0.167. The van der Waals surface area contributed by atoms with Gasteiger partial charge in [-0.3, -0.25) is 9.11 Å². The van der Waals surface area contributed by atoms with Gasteiger partial charge in [-0.1, -0.05) is 24.3 Å². The van der Waals surface area contributed by atoms with E-state index in [0.717, 1.165) is 10.8 Å². The number of aromatic hydroxyl groups is 2. The van der Waals surface area contributed by atoms with Crippen LogP contribution in [0.4, 0.5) is 0 Å². The van der Waals surface area contributed by atoms with Gasteiger partial charge < -0.3 is 10.2 Å². The molecule has 0 saturated heterocycles. The van der Waals surface area contributed by atoms with Crippen LogP contribution in [0, 0.1) is 0 Å². The molecule has 0 aromatic heterocycles. The normalized spacial score (nSPS) is 10.9. The van der Waals surface area contributed by atoms with Gasteiger partial charge in [0.2, 0.25) is 0 Å². The lowest BCUT2D eigenvalue weighted by Gasteiger charge is -2.00. The van der Waals surface area contributed by atoms with E-state index < -0.39 is 20.2 Å². The van der Waals surface area contributed by atoms with Gasteiger partial charge in [-0.2, -0.15) is 16.8 Å². The molecule has 4 N–H and O–H groups in total. The molecule has 2 aromatic rings. The molecule has 2 rings (SSSR count). The Bertz CT molecular complexity index is 779. The van der Waals surface area contributed by atoms with Gasteiger partial charge in [0, 0.05) is 11.5 Å². The third kappa shape index (κ3) is 11.9. The lowest BCUT2D eigenvalue weighted by Crippen LogP contribution is -1.88. The number of rotatable bonds is 0. The number of hydrogen-bond donors (Lipinski definition) is 4. The summed E-state index contributed by atoms with van der Waals surface area (Å²) in [7, 11) is -7.33. The molecule has 0 radical (unpaired) electrons. The Morgan fingerprint density at radius 2 is 1.23 bits per heavy atom. The second-order valence-electron chi connectivity index (χ2n) is 4.15. The predicted molar refractivity (Wildman–Crippen MR) is 82.2 cm³/mol. The van der Waals surface area contributed by atoms with Crippen LogP contribution in [0.5, 0.6) is 11.5 Å². The van der Waals surface area contributed by atoms with Gasteiger partial charge >= 0.3 is 0 Å². The average molecular weight is 352 g/mol. The topological polar surface area (TPSA) is 149 Å². The Morgan fingerprint density at radius 3 is 1.68 bits per heavy atom. The molecule has 124 valence electrons. The fourth-order valence-corrected chi connectivity index (χ4v) is 1.27. The van der Waals surface area contributed by atoms with Crippen molar-refractivity contribution in [3.05, 3.63) is 36.4 Å². The Balaban J connectivity index is 0.000000372. The minimum Gasteiger partial charge on any atom is -0.508 e. The summed E-state index contributed by atoms with van der Waals surface area (Å²) in [6, 6.07) is 10.3. The Labute approximate surface area is 128 Å². The van der Waals surface area contributed by atoms with Gasteiger partial charge in [-0.25, -0.2) is 0 Å².